The van der Waals surface area contributed by atoms with Crippen molar-refractivity contribution in [3.05, 3.63) is 53.9 Å². The molecule has 0 aliphatic heterocycles. The van der Waals surface area contributed by atoms with Gasteiger partial charge in [0, 0.05) is 11.6 Å². The van der Waals surface area contributed by atoms with Gasteiger partial charge in [0.2, 0.25) is 5.13 Å². The molecule has 0 spiro atoms. The predicted molar refractivity (Wildman–Crippen MR) is 123 cm³/mol. The molecule has 0 aliphatic carbocycles. The van der Waals surface area contributed by atoms with Gasteiger partial charge in [-0.3, -0.25) is 4.98 Å². The molecule has 0 aliphatic rings. The number of rotatable bonds is 5. The van der Waals surface area contributed by atoms with Gasteiger partial charge in [0.1, 0.15) is 11.4 Å². The third-order valence-electron chi connectivity index (χ3n) is 4.77. The molecule has 3 heterocycles. The summed E-state index contributed by atoms with van der Waals surface area (Å²) in [6, 6.07) is 10.1. The van der Waals surface area contributed by atoms with Gasteiger partial charge < -0.3 is 10.1 Å². The van der Waals surface area contributed by atoms with E-state index < -0.39 is 0 Å². The molecule has 4 rings (SSSR count). The Kier molecular flexibility index (Phi) is 5.39. The average Bonchev–Trinajstić information content (AvgIpc) is 3.16. The molecule has 0 saturated carbocycles. The molecular weight excluding hydrogens is 394 g/mol. The number of aromatic nitrogens is 4. The summed E-state index contributed by atoms with van der Waals surface area (Å²) in [7, 11) is 0. The highest BCUT2D eigenvalue weighted by atomic mass is 32.1. The lowest BCUT2D eigenvalue weighted by Crippen LogP contribution is -2.13. The number of benzene rings is 1. The van der Waals surface area contributed by atoms with Gasteiger partial charge in [-0.1, -0.05) is 32.1 Å². The van der Waals surface area contributed by atoms with Crippen molar-refractivity contribution in [3.63, 3.8) is 0 Å². The molecule has 0 atom stereocenters. The second kappa shape index (κ2) is 7.99. The Bertz CT molecular complexity index is 1180. The largest absolute Gasteiger partial charge is 0.494 e. The van der Waals surface area contributed by atoms with Crippen LogP contribution in [0.5, 0.6) is 5.75 Å². The van der Waals surface area contributed by atoms with Crippen LogP contribution in [0, 0.1) is 6.92 Å². The number of hydrogen-bond donors (Lipinski definition) is 1. The van der Waals surface area contributed by atoms with Crippen molar-refractivity contribution < 1.29 is 4.74 Å². The normalized spacial score (nSPS) is 11.6. The molecule has 0 saturated heterocycles. The van der Waals surface area contributed by atoms with Crippen molar-refractivity contribution >= 4 is 33.1 Å². The average molecular weight is 420 g/mol. The van der Waals surface area contributed by atoms with Crippen molar-refractivity contribution in [1.29, 1.82) is 0 Å². The number of pyridine rings is 2. The lowest BCUT2D eigenvalue weighted by Gasteiger charge is -2.23. The maximum Gasteiger partial charge on any atom is 0.210 e. The minimum atomic E-state index is -0.0718. The van der Waals surface area contributed by atoms with Crippen LogP contribution >= 0.6 is 11.3 Å². The van der Waals surface area contributed by atoms with Crippen LogP contribution in [0.3, 0.4) is 0 Å². The van der Waals surface area contributed by atoms with Gasteiger partial charge in [-0.2, -0.15) is 0 Å². The van der Waals surface area contributed by atoms with E-state index in [1.54, 1.807) is 12.4 Å². The zero-order valence-corrected chi connectivity index (χ0v) is 18.7. The standard InChI is InChI=1S/C23H25N5OS/c1-6-29-16-11-17-14(2)10-19(26-20(17)18(12-16)23(3,4)5)21-27-28-22(30-21)25-15-8-7-9-24-13-15/h7-13H,6H2,1-5H3,(H,25,28). The highest BCUT2D eigenvalue weighted by Gasteiger charge is 2.21. The lowest BCUT2D eigenvalue weighted by atomic mass is 9.84. The van der Waals surface area contributed by atoms with Crippen LogP contribution < -0.4 is 10.1 Å². The van der Waals surface area contributed by atoms with Crippen molar-refractivity contribution in [2.45, 2.75) is 40.0 Å². The fourth-order valence-corrected chi connectivity index (χ4v) is 4.06. The third kappa shape index (κ3) is 4.11. The molecule has 0 bridgehead atoms. The van der Waals surface area contributed by atoms with E-state index in [2.05, 4.69) is 66.4 Å². The van der Waals surface area contributed by atoms with Crippen LogP contribution in [0.1, 0.15) is 38.8 Å². The zero-order chi connectivity index (χ0) is 21.3. The highest BCUT2D eigenvalue weighted by molar-refractivity contribution is 7.18. The SMILES string of the molecule is CCOc1cc(C(C)(C)C)c2nc(-c3nnc(Nc4cccnc4)s3)cc(C)c2c1. The second-order valence-corrected chi connectivity index (χ2v) is 9.13. The smallest absolute Gasteiger partial charge is 0.210 e. The number of fused-ring (bicyclic) bond motifs is 1. The summed E-state index contributed by atoms with van der Waals surface area (Å²) in [5.74, 6) is 0.881. The molecular formula is C23H25N5OS. The fourth-order valence-electron chi connectivity index (χ4n) is 3.33. The zero-order valence-electron chi connectivity index (χ0n) is 17.9. The van der Waals surface area contributed by atoms with Gasteiger partial charge in [-0.05, 0) is 60.7 Å². The second-order valence-electron chi connectivity index (χ2n) is 8.15. The third-order valence-corrected chi connectivity index (χ3v) is 5.63. The summed E-state index contributed by atoms with van der Waals surface area (Å²) in [5.41, 5.74) is 4.91. The first-order chi connectivity index (χ1) is 14.3. The number of hydrogen-bond acceptors (Lipinski definition) is 7. The molecule has 1 aromatic carbocycles. The van der Waals surface area contributed by atoms with Crippen LogP contribution in [-0.4, -0.2) is 26.8 Å². The molecule has 1 N–H and O–H groups in total. The van der Waals surface area contributed by atoms with Crippen molar-refractivity contribution in [3.8, 4) is 16.5 Å². The summed E-state index contributed by atoms with van der Waals surface area (Å²) < 4.78 is 5.82. The molecule has 30 heavy (non-hydrogen) atoms. The first-order valence-electron chi connectivity index (χ1n) is 9.95. The Morgan fingerprint density at radius 3 is 2.67 bits per heavy atom. The molecule has 0 unspecified atom stereocenters. The fraction of sp³-hybridized carbons (Fsp3) is 0.304. The minimum absolute atomic E-state index is 0.0718. The molecule has 154 valence electrons. The maximum atomic E-state index is 5.82. The van der Waals surface area contributed by atoms with Crippen LogP contribution in [-0.2, 0) is 5.41 Å². The van der Waals surface area contributed by atoms with Crippen molar-refractivity contribution in [1.82, 2.24) is 20.2 Å². The maximum absolute atomic E-state index is 5.82. The molecule has 6 nitrogen and oxygen atoms in total. The Morgan fingerprint density at radius 2 is 1.97 bits per heavy atom. The van der Waals surface area contributed by atoms with E-state index in [1.807, 2.05) is 19.1 Å². The summed E-state index contributed by atoms with van der Waals surface area (Å²) in [4.78, 5) is 9.12. The monoisotopic (exact) mass is 419 g/mol. The number of nitrogens with one attached hydrogen (secondary N) is 1. The summed E-state index contributed by atoms with van der Waals surface area (Å²) in [6.45, 7) is 11.3. The Balaban J connectivity index is 1.78. The van der Waals surface area contributed by atoms with Crippen LogP contribution in [0.15, 0.2) is 42.7 Å². The van der Waals surface area contributed by atoms with Gasteiger partial charge in [0.25, 0.3) is 0 Å². The Hall–Kier alpha value is -3.06. The Morgan fingerprint density at radius 1 is 1.13 bits per heavy atom. The highest BCUT2D eigenvalue weighted by Crippen LogP contribution is 2.37. The van der Waals surface area contributed by atoms with E-state index in [0.29, 0.717) is 11.7 Å². The van der Waals surface area contributed by atoms with E-state index in [0.717, 1.165) is 44.2 Å². The Labute approximate surface area is 180 Å². The quantitative estimate of drug-likeness (QED) is 0.434. The lowest BCUT2D eigenvalue weighted by molar-refractivity contribution is 0.339. The number of ether oxygens (including phenoxy) is 1. The summed E-state index contributed by atoms with van der Waals surface area (Å²) >= 11 is 1.47. The number of anilines is 2. The summed E-state index contributed by atoms with van der Waals surface area (Å²) in [6.07, 6.45) is 3.49. The molecule has 0 amide bonds. The van der Waals surface area contributed by atoms with Crippen molar-refractivity contribution in [2.75, 3.05) is 11.9 Å². The van der Waals surface area contributed by atoms with Gasteiger partial charge in [-0.25, -0.2) is 4.98 Å². The van der Waals surface area contributed by atoms with Gasteiger partial charge in [0.15, 0.2) is 5.01 Å². The molecule has 4 aromatic rings. The van der Waals surface area contributed by atoms with E-state index in [-0.39, 0.29) is 5.41 Å². The van der Waals surface area contributed by atoms with E-state index >= 15 is 0 Å². The van der Waals surface area contributed by atoms with Gasteiger partial charge in [0.05, 0.1) is 24.0 Å². The summed E-state index contributed by atoms with van der Waals surface area (Å²) in [5, 5.41) is 14.5. The van der Waals surface area contributed by atoms with Crippen molar-refractivity contribution in [2.24, 2.45) is 0 Å². The van der Waals surface area contributed by atoms with Crippen LogP contribution in [0.2, 0.25) is 0 Å². The van der Waals surface area contributed by atoms with E-state index in [9.17, 15) is 0 Å². The first-order valence-corrected chi connectivity index (χ1v) is 10.8. The number of nitrogens with zero attached hydrogens (tertiary/aromatic N) is 4. The predicted octanol–water partition coefficient (Wildman–Crippen LogP) is 5.90. The minimum Gasteiger partial charge on any atom is -0.494 e. The van der Waals surface area contributed by atoms with Gasteiger partial charge in [-0.15, -0.1) is 10.2 Å². The molecule has 3 aromatic heterocycles. The first kappa shape index (κ1) is 20.2. The topological polar surface area (TPSA) is 72.8 Å². The molecule has 0 fully saturated rings. The van der Waals surface area contributed by atoms with Gasteiger partial charge >= 0.3 is 0 Å². The molecule has 0 radical (unpaired) electrons. The van der Waals surface area contributed by atoms with Crippen LogP contribution in [0.4, 0.5) is 10.8 Å². The number of aryl methyl sites for hydroxylation is 1. The van der Waals surface area contributed by atoms with E-state index in [4.69, 9.17) is 9.72 Å². The van der Waals surface area contributed by atoms with E-state index in [1.165, 1.54) is 11.3 Å². The van der Waals surface area contributed by atoms with Crippen LogP contribution in [0.25, 0.3) is 21.6 Å². The molecule has 7 heteroatoms.